The number of nitrogens with zero attached hydrogens (tertiary/aromatic N) is 3. The van der Waals surface area contributed by atoms with E-state index in [0.29, 0.717) is 6.54 Å². The van der Waals surface area contributed by atoms with Crippen LogP contribution in [0.2, 0.25) is 0 Å². The van der Waals surface area contributed by atoms with Gasteiger partial charge in [0.1, 0.15) is 11.5 Å². The largest absolute Gasteiger partial charge is 0.496 e. The monoisotopic (exact) mass is 219 g/mol. The summed E-state index contributed by atoms with van der Waals surface area (Å²) >= 11 is 0. The lowest BCUT2D eigenvalue weighted by atomic mass is 10.1. The molecule has 84 valence electrons. The summed E-state index contributed by atoms with van der Waals surface area (Å²) in [6, 6.07) is 5.54. The number of methoxy groups -OCH3 is 2. The van der Waals surface area contributed by atoms with Gasteiger partial charge >= 0.3 is 0 Å². The van der Waals surface area contributed by atoms with E-state index >= 15 is 0 Å². The van der Waals surface area contributed by atoms with Crippen molar-refractivity contribution in [3.8, 4) is 11.5 Å². The van der Waals surface area contributed by atoms with Gasteiger partial charge in [0.05, 0.1) is 19.8 Å². The van der Waals surface area contributed by atoms with Crippen LogP contribution in [-0.2, 0) is 0 Å². The zero-order valence-corrected chi connectivity index (χ0v) is 9.25. The molecular weight excluding hydrogens is 206 g/mol. The Bertz CT molecular complexity index is 401. The van der Waals surface area contributed by atoms with Crippen LogP contribution in [0.3, 0.4) is 0 Å². The van der Waals surface area contributed by atoms with Crippen molar-refractivity contribution in [3.63, 3.8) is 0 Å². The van der Waals surface area contributed by atoms with Crippen LogP contribution in [0.5, 0.6) is 11.5 Å². The van der Waals surface area contributed by atoms with Gasteiger partial charge in [-0.1, -0.05) is 23.3 Å². The van der Waals surface area contributed by atoms with Crippen LogP contribution in [0.15, 0.2) is 29.4 Å². The molecule has 0 atom stereocenters. The van der Waals surface area contributed by atoms with E-state index in [1.54, 1.807) is 20.3 Å². The zero-order chi connectivity index (χ0) is 11.8. The maximum Gasteiger partial charge on any atom is 0.129 e. The Morgan fingerprint density at radius 2 is 1.94 bits per heavy atom. The van der Waals surface area contributed by atoms with E-state index in [0.717, 1.165) is 17.1 Å². The van der Waals surface area contributed by atoms with Crippen molar-refractivity contribution in [1.29, 1.82) is 0 Å². The van der Waals surface area contributed by atoms with E-state index in [9.17, 15) is 0 Å². The van der Waals surface area contributed by atoms with Crippen molar-refractivity contribution in [2.75, 3.05) is 20.8 Å². The zero-order valence-electron chi connectivity index (χ0n) is 9.25. The average molecular weight is 219 g/mol. The number of rotatable bonds is 5. The first-order valence-electron chi connectivity index (χ1n) is 4.72. The Morgan fingerprint density at radius 3 is 2.44 bits per heavy atom. The smallest absolute Gasteiger partial charge is 0.129 e. The van der Waals surface area contributed by atoms with Gasteiger partial charge in [-0.15, -0.1) is 0 Å². The average Bonchev–Trinajstić information content (AvgIpc) is 2.34. The molecule has 0 heterocycles. The van der Waals surface area contributed by atoms with Gasteiger partial charge in [0.25, 0.3) is 0 Å². The van der Waals surface area contributed by atoms with Crippen molar-refractivity contribution in [1.82, 2.24) is 0 Å². The highest BCUT2D eigenvalue weighted by molar-refractivity contribution is 5.64. The normalized spacial score (nSPS) is 9.88. The van der Waals surface area contributed by atoms with Gasteiger partial charge in [0.2, 0.25) is 0 Å². The minimum absolute atomic E-state index is 0.303. The molecule has 1 rings (SSSR count). The first-order valence-corrected chi connectivity index (χ1v) is 4.72. The van der Waals surface area contributed by atoms with Crippen LogP contribution in [0, 0.1) is 0 Å². The molecule has 16 heavy (non-hydrogen) atoms. The second kappa shape index (κ2) is 6.37. The third-order valence-electron chi connectivity index (χ3n) is 2.00. The van der Waals surface area contributed by atoms with Gasteiger partial charge in [-0.2, -0.15) is 0 Å². The Morgan fingerprint density at radius 1 is 1.31 bits per heavy atom. The molecule has 0 fully saturated rings. The van der Waals surface area contributed by atoms with Crippen molar-refractivity contribution in [3.05, 3.63) is 40.3 Å². The maximum atomic E-state index is 8.14. The van der Waals surface area contributed by atoms with Gasteiger partial charge in [-0.05, 0) is 17.7 Å². The van der Waals surface area contributed by atoms with Crippen LogP contribution >= 0.6 is 0 Å². The lowest BCUT2D eigenvalue weighted by Crippen LogP contribution is -1.91. The SMILES string of the molecule is COc1cccc(OC)c1C=CCN=[N+]=[N-]. The van der Waals surface area contributed by atoms with E-state index in [2.05, 4.69) is 10.0 Å². The Balaban J connectivity index is 2.98. The third kappa shape index (κ3) is 2.93. The molecular formula is C11H13N3O2. The molecule has 0 amide bonds. The first-order chi connectivity index (χ1) is 7.83. The summed E-state index contributed by atoms with van der Waals surface area (Å²) in [5.74, 6) is 1.44. The molecule has 1 aromatic rings. The molecule has 0 saturated carbocycles. The topological polar surface area (TPSA) is 67.2 Å². The minimum atomic E-state index is 0.303. The quantitative estimate of drug-likeness (QED) is 0.434. The van der Waals surface area contributed by atoms with Crippen LogP contribution in [0.25, 0.3) is 16.5 Å². The summed E-state index contributed by atoms with van der Waals surface area (Å²) in [5.41, 5.74) is 8.97. The van der Waals surface area contributed by atoms with E-state index in [1.807, 2.05) is 24.3 Å². The fourth-order valence-corrected chi connectivity index (χ4v) is 1.30. The molecule has 1 aromatic carbocycles. The number of azide groups is 1. The lowest BCUT2D eigenvalue weighted by Gasteiger charge is -2.09. The number of hydrogen-bond donors (Lipinski definition) is 0. The van der Waals surface area contributed by atoms with Gasteiger partial charge in [-0.3, -0.25) is 0 Å². The van der Waals surface area contributed by atoms with Gasteiger partial charge in [0.15, 0.2) is 0 Å². The van der Waals surface area contributed by atoms with Gasteiger partial charge in [-0.25, -0.2) is 0 Å². The van der Waals surface area contributed by atoms with Crippen LogP contribution in [0.1, 0.15) is 5.56 Å². The second-order valence-corrected chi connectivity index (χ2v) is 2.89. The molecule has 0 unspecified atom stereocenters. The fraction of sp³-hybridized carbons (Fsp3) is 0.273. The van der Waals surface area contributed by atoms with E-state index in [1.165, 1.54) is 0 Å². The molecule has 0 N–H and O–H groups in total. The van der Waals surface area contributed by atoms with Crippen LogP contribution in [-0.4, -0.2) is 20.8 Å². The highest BCUT2D eigenvalue weighted by atomic mass is 16.5. The van der Waals surface area contributed by atoms with Crippen molar-refractivity contribution < 1.29 is 9.47 Å². The fourth-order valence-electron chi connectivity index (χ4n) is 1.30. The van der Waals surface area contributed by atoms with E-state index < -0.39 is 0 Å². The number of ether oxygens (including phenoxy) is 2. The molecule has 5 heteroatoms. The number of benzene rings is 1. The number of hydrogen-bond acceptors (Lipinski definition) is 3. The van der Waals surface area contributed by atoms with E-state index in [-0.39, 0.29) is 0 Å². The molecule has 0 aliphatic carbocycles. The van der Waals surface area contributed by atoms with Crippen molar-refractivity contribution in [2.24, 2.45) is 5.11 Å². The minimum Gasteiger partial charge on any atom is -0.496 e. The van der Waals surface area contributed by atoms with Crippen molar-refractivity contribution in [2.45, 2.75) is 0 Å². The summed E-state index contributed by atoms with van der Waals surface area (Å²) in [6.07, 6.45) is 3.56. The Labute approximate surface area is 93.9 Å². The van der Waals surface area contributed by atoms with Crippen LogP contribution < -0.4 is 9.47 Å². The summed E-state index contributed by atoms with van der Waals surface area (Å²) in [5, 5.41) is 3.41. The molecule has 0 spiro atoms. The van der Waals surface area contributed by atoms with Gasteiger partial charge < -0.3 is 9.47 Å². The standard InChI is InChI=1S/C11H13N3O2/c1-15-10-6-3-7-11(16-2)9(10)5-4-8-13-14-12/h3-7H,8H2,1-2H3. The maximum absolute atomic E-state index is 8.14. The van der Waals surface area contributed by atoms with E-state index in [4.69, 9.17) is 15.0 Å². The third-order valence-corrected chi connectivity index (χ3v) is 2.00. The highest BCUT2D eigenvalue weighted by Crippen LogP contribution is 2.29. The Kier molecular flexibility index (Phi) is 4.76. The molecule has 0 radical (unpaired) electrons. The molecule has 5 nitrogen and oxygen atoms in total. The summed E-state index contributed by atoms with van der Waals surface area (Å²) in [6.45, 7) is 0.303. The molecule has 0 saturated heterocycles. The molecule has 0 aromatic heterocycles. The Hall–Kier alpha value is -2.13. The predicted octanol–water partition coefficient (Wildman–Crippen LogP) is 3.03. The van der Waals surface area contributed by atoms with Crippen LogP contribution in [0.4, 0.5) is 0 Å². The second-order valence-electron chi connectivity index (χ2n) is 2.89. The molecule has 0 bridgehead atoms. The highest BCUT2D eigenvalue weighted by Gasteiger charge is 2.05. The summed E-state index contributed by atoms with van der Waals surface area (Å²) < 4.78 is 10.4. The molecule has 0 aliphatic rings. The predicted molar refractivity (Wildman–Crippen MR) is 62.6 cm³/mol. The van der Waals surface area contributed by atoms with Crippen molar-refractivity contribution >= 4 is 6.08 Å². The summed E-state index contributed by atoms with van der Waals surface area (Å²) in [7, 11) is 3.19. The molecule has 0 aliphatic heterocycles. The summed E-state index contributed by atoms with van der Waals surface area (Å²) in [4.78, 5) is 2.66. The lowest BCUT2D eigenvalue weighted by molar-refractivity contribution is 0.392. The van der Waals surface area contributed by atoms with Gasteiger partial charge in [0, 0.05) is 11.5 Å². The first kappa shape index (κ1) is 11.9.